The normalized spacial score (nSPS) is 13.7. The molecule has 3 N–H and O–H groups in total. The molecule has 0 aliphatic carbocycles. The molecule has 0 amide bonds. The fourth-order valence-corrected chi connectivity index (χ4v) is 3.68. The number of rotatable bonds is 5. The molecule has 2 aromatic rings. The predicted molar refractivity (Wildman–Crippen MR) is 83.0 cm³/mol. The number of sulfonamides is 2. The van der Waals surface area contributed by atoms with Crippen molar-refractivity contribution in [1.29, 1.82) is 0 Å². The van der Waals surface area contributed by atoms with Crippen molar-refractivity contribution in [2.24, 2.45) is 5.14 Å². The van der Waals surface area contributed by atoms with E-state index in [9.17, 15) is 21.2 Å². The maximum atomic E-state index is 12.9. The Labute approximate surface area is 134 Å². The van der Waals surface area contributed by atoms with E-state index >= 15 is 0 Å². The highest BCUT2D eigenvalue weighted by Gasteiger charge is 2.19. The Morgan fingerprint density at radius 3 is 1.87 bits per heavy atom. The van der Waals surface area contributed by atoms with Crippen LogP contribution >= 0.6 is 0 Å². The van der Waals surface area contributed by atoms with Gasteiger partial charge in [-0.05, 0) is 48.9 Å². The first-order valence-corrected chi connectivity index (χ1v) is 9.53. The van der Waals surface area contributed by atoms with E-state index in [1.54, 1.807) is 6.92 Å². The Hall–Kier alpha value is -1.81. The molecule has 0 aromatic heterocycles. The smallest absolute Gasteiger partial charge is 0.225 e. The van der Waals surface area contributed by atoms with E-state index in [1.165, 1.54) is 24.3 Å². The Morgan fingerprint density at radius 2 is 1.39 bits per heavy atom. The molecule has 0 aliphatic heterocycles. The van der Waals surface area contributed by atoms with Crippen LogP contribution in [0.5, 0.6) is 0 Å². The van der Waals surface area contributed by atoms with Gasteiger partial charge in [-0.25, -0.2) is 31.1 Å². The summed E-state index contributed by atoms with van der Waals surface area (Å²) in [5.74, 6) is -0.532. The summed E-state index contributed by atoms with van der Waals surface area (Å²) in [5.41, 5.74) is 0.558. The van der Waals surface area contributed by atoms with Crippen molar-refractivity contribution in [3.05, 3.63) is 59.9 Å². The van der Waals surface area contributed by atoms with E-state index in [2.05, 4.69) is 4.72 Å². The van der Waals surface area contributed by atoms with E-state index in [1.807, 2.05) is 0 Å². The standard InChI is InChI=1S/C14H15FN2O4S2/c1-10(11-2-6-13(7-3-11)22(16,18)19)17-23(20,21)14-8-4-12(15)5-9-14/h2-10,17H,1H3,(H2,16,18,19)/t10-/m1/s1. The first-order chi connectivity index (χ1) is 10.6. The molecule has 0 unspecified atom stereocenters. The van der Waals surface area contributed by atoms with Crippen molar-refractivity contribution in [3.63, 3.8) is 0 Å². The van der Waals surface area contributed by atoms with Gasteiger partial charge in [0.05, 0.1) is 9.79 Å². The van der Waals surface area contributed by atoms with Gasteiger partial charge in [-0.1, -0.05) is 12.1 Å². The average Bonchev–Trinajstić information content (AvgIpc) is 2.46. The third-order valence-electron chi connectivity index (χ3n) is 3.16. The first kappa shape index (κ1) is 17.5. The average molecular weight is 358 g/mol. The molecule has 0 fully saturated rings. The van der Waals surface area contributed by atoms with Crippen LogP contribution in [-0.2, 0) is 20.0 Å². The lowest BCUT2D eigenvalue weighted by Crippen LogP contribution is -2.27. The second-order valence-corrected chi connectivity index (χ2v) is 8.19. The Balaban J connectivity index is 2.21. The zero-order valence-electron chi connectivity index (χ0n) is 12.1. The number of nitrogens with one attached hydrogen (secondary N) is 1. The molecule has 0 saturated heterocycles. The van der Waals surface area contributed by atoms with Crippen molar-refractivity contribution in [1.82, 2.24) is 4.72 Å². The van der Waals surface area contributed by atoms with Gasteiger partial charge in [0, 0.05) is 6.04 Å². The van der Waals surface area contributed by atoms with Gasteiger partial charge in [-0.15, -0.1) is 0 Å². The minimum Gasteiger partial charge on any atom is -0.225 e. The van der Waals surface area contributed by atoms with Crippen LogP contribution in [0.2, 0.25) is 0 Å². The molecule has 0 bridgehead atoms. The van der Waals surface area contributed by atoms with Gasteiger partial charge in [0.15, 0.2) is 0 Å². The summed E-state index contributed by atoms with van der Waals surface area (Å²) in [5, 5.41) is 5.00. The van der Waals surface area contributed by atoms with Gasteiger partial charge in [0.2, 0.25) is 20.0 Å². The highest BCUT2D eigenvalue weighted by molar-refractivity contribution is 7.89. The van der Waals surface area contributed by atoms with Gasteiger partial charge >= 0.3 is 0 Å². The summed E-state index contributed by atoms with van der Waals surface area (Å²) < 4.78 is 62.1. The molecule has 9 heteroatoms. The lowest BCUT2D eigenvalue weighted by atomic mass is 10.1. The number of hydrogen-bond donors (Lipinski definition) is 2. The van der Waals surface area contributed by atoms with Crippen molar-refractivity contribution in [3.8, 4) is 0 Å². The number of nitrogens with two attached hydrogens (primary N) is 1. The largest absolute Gasteiger partial charge is 0.241 e. The van der Waals surface area contributed by atoms with Crippen LogP contribution < -0.4 is 9.86 Å². The molecule has 0 saturated carbocycles. The molecule has 1 atom stereocenters. The molecule has 124 valence electrons. The molecule has 0 heterocycles. The lowest BCUT2D eigenvalue weighted by molar-refractivity contribution is 0.566. The number of hydrogen-bond acceptors (Lipinski definition) is 4. The van der Waals surface area contributed by atoms with E-state index in [0.717, 1.165) is 24.3 Å². The van der Waals surface area contributed by atoms with Crippen molar-refractivity contribution >= 4 is 20.0 Å². The molecule has 6 nitrogen and oxygen atoms in total. The van der Waals surface area contributed by atoms with Crippen LogP contribution in [0.3, 0.4) is 0 Å². The predicted octanol–water partition coefficient (Wildman–Crippen LogP) is 1.51. The lowest BCUT2D eigenvalue weighted by Gasteiger charge is -2.15. The maximum Gasteiger partial charge on any atom is 0.241 e. The number of primary sulfonamides is 1. The van der Waals surface area contributed by atoms with E-state index in [0.29, 0.717) is 5.56 Å². The van der Waals surface area contributed by atoms with Gasteiger partial charge in [-0.2, -0.15) is 0 Å². The highest BCUT2D eigenvalue weighted by atomic mass is 32.2. The molecule has 2 aromatic carbocycles. The van der Waals surface area contributed by atoms with Crippen LogP contribution in [0, 0.1) is 5.82 Å². The molecule has 0 spiro atoms. The van der Waals surface area contributed by atoms with Crippen LogP contribution in [-0.4, -0.2) is 16.8 Å². The third-order valence-corrected chi connectivity index (χ3v) is 5.65. The summed E-state index contributed by atoms with van der Waals surface area (Å²) in [6.07, 6.45) is 0. The van der Waals surface area contributed by atoms with E-state index in [-0.39, 0.29) is 9.79 Å². The van der Waals surface area contributed by atoms with E-state index < -0.39 is 31.9 Å². The molecule has 0 radical (unpaired) electrons. The topological polar surface area (TPSA) is 106 Å². The second kappa shape index (κ2) is 6.36. The zero-order chi connectivity index (χ0) is 17.3. The molecule has 2 rings (SSSR count). The third kappa shape index (κ3) is 4.35. The van der Waals surface area contributed by atoms with Crippen LogP contribution in [0.1, 0.15) is 18.5 Å². The van der Waals surface area contributed by atoms with Gasteiger partial charge in [-0.3, -0.25) is 0 Å². The molecular weight excluding hydrogens is 343 g/mol. The summed E-state index contributed by atoms with van der Waals surface area (Å²) in [6, 6.07) is 9.36. The highest BCUT2D eigenvalue weighted by Crippen LogP contribution is 2.19. The first-order valence-electron chi connectivity index (χ1n) is 6.50. The molecule has 23 heavy (non-hydrogen) atoms. The minimum absolute atomic E-state index is 0.0603. The van der Waals surface area contributed by atoms with Gasteiger partial charge < -0.3 is 0 Å². The Bertz CT molecular complexity index is 893. The van der Waals surface area contributed by atoms with Crippen LogP contribution in [0.4, 0.5) is 4.39 Å². The number of benzene rings is 2. The van der Waals surface area contributed by atoms with Gasteiger partial charge in [0.25, 0.3) is 0 Å². The summed E-state index contributed by atoms with van der Waals surface area (Å²) in [4.78, 5) is -0.123. The SMILES string of the molecule is C[C@@H](NS(=O)(=O)c1ccc(F)cc1)c1ccc(S(N)(=O)=O)cc1. The van der Waals surface area contributed by atoms with E-state index in [4.69, 9.17) is 5.14 Å². The van der Waals surface area contributed by atoms with Crippen molar-refractivity contribution in [2.75, 3.05) is 0 Å². The summed E-state index contributed by atoms with van der Waals surface area (Å²) in [7, 11) is -7.62. The fourth-order valence-electron chi connectivity index (χ4n) is 1.93. The van der Waals surface area contributed by atoms with Gasteiger partial charge in [0.1, 0.15) is 5.82 Å². The monoisotopic (exact) mass is 358 g/mol. The summed E-state index contributed by atoms with van der Waals surface area (Å²) in [6.45, 7) is 1.60. The minimum atomic E-state index is -3.82. The summed E-state index contributed by atoms with van der Waals surface area (Å²) >= 11 is 0. The zero-order valence-corrected chi connectivity index (χ0v) is 13.7. The second-order valence-electron chi connectivity index (χ2n) is 4.91. The number of halogens is 1. The van der Waals surface area contributed by atoms with Crippen LogP contribution in [0.25, 0.3) is 0 Å². The Morgan fingerprint density at radius 1 is 0.913 bits per heavy atom. The van der Waals surface area contributed by atoms with Crippen molar-refractivity contribution in [2.45, 2.75) is 22.8 Å². The Kier molecular flexibility index (Phi) is 4.85. The molecular formula is C14H15FN2O4S2. The molecule has 0 aliphatic rings. The quantitative estimate of drug-likeness (QED) is 0.845. The fraction of sp³-hybridized carbons (Fsp3) is 0.143. The maximum absolute atomic E-state index is 12.9. The van der Waals surface area contributed by atoms with Crippen LogP contribution in [0.15, 0.2) is 58.3 Å². The van der Waals surface area contributed by atoms with Crippen molar-refractivity contribution < 1.29 is 21.2 Å².